The lowest BCUT2D eigenvalue weighted by atomic mass is 9.90. The molecule has 3 atom stereocenters. The monoisotopic (exact) mass is 420 g/mol. The summed E-state index contributed by atoms with van der Waals surface area (Å²) >= 11 is 0. The van der Waals surface area contributed by atoms with Gasteiger partial charge in [0, 0.05) is 17.2 Å². The third-order valence-electron chi connectivity index (χ3n) is 5.36. The van der Waals surface area contributed by atoms with Gasteiger partial charge in [0.15, 0.2) is 0 Å². The minimum absolute atomic E-state index is 0.178. The molecule has 4 rings (SSSR count). The molecule has 6 nitrogen and oxygen atoms in total. The maximum Gasteiger partial charge on any atom is 0.408 e. The molecule has 1 fully saturated rings. The SMILES string of the molecule is COc1ccc2c(c1)Oc1ccccc1C2NC(=O)C1CCC(C(F)(F)F)NC1=O. The van der Waals surface area contributed by atoms with Crippen molar-refractivity contribution in [1.82, 2.24) is 10.6 Å². The first-order valence-corrected chi connectivity index (χ1v) is 9.40. The predicted octanol–water partition coefficient (Wildman–Crippen LogP) is 3.46. The van der Waals surface area contributed by atoms with Crippen LogP contribution in [0.5, 0.6) is 17.2 Å². The summed E-state index contributed by atoms with van der Waals surface area (Å²) in [5, 5.41) is 4.73. The number of nitrogens with one attached hydrogen (secondary N) is 2. The van der Waals surface area contributed by atoms with E-state index in [2.05, 4.69) is 5.32 Å². The van der Waals surface area contributed by atoms with E-state index in [-0.39, 0.29) is 12.8 Å². The zero-order valence-electron chi connectivity index (χ0n) is 16.0. The maximum absolute atomic E-state index is 12.9. The molecule has 2 aromatic rings. The van der Waals surface area contributed by atoms with E-state index >= 15 is 0 Å². The highest BCUT2D eigenvalue weighted by Crippen LogP contribution is 2.44. The second-order valence-corrected chi connectivity index (χ2v) is 7.22. The largest absolute Gasteiger partial charge is 0.497 e. The van der Waals surface area contributed by atoms with Gasteiger partial charge in [0.25, 0.3) is 0 Å². The Bertz CT molecular complexity index is 992. The molecule has 0 aromatic heterocycles. The molecule has 2 aromatic carbocycles. The van der Waals surface area contributed by atoms with Crippen LogP contribution in [0.4, 0.5) is 13.2 Å². The van der Waals surface area contributed by atoms with Crippen molar-refractivity contribution in [2.45, 2.75) is 31.1 Å². The zero-order chi connectivity index (χ0) is 21.5. The Morgan fingerprint density at radius 1 is 1.13 bits per heavy atom. The Morgan fingerprint density at radius 3 is 2.57 bits per heavy atom. The quantitative estimate of drug-likeness (QED) is 0.746. The molecule has 0 spiro atoms. The molecule has 2 aliphatic heterocycles. The van der Waals surface area contributed by atoms with Crippen LogP contribution in [-0.2, 0) is 9.59 Å². The molecule has 30 heavy (non-hydrogen) atoms. The minimum Gasteiger partial charge on any atom is -0.497 e. The molecule has 2 heterocycles. The Kier molecular flexibility index (Phi) is 5.05. The third kappa shape index (κ3) is 3.67. The van der Waals surface area contributed by atoms with Gasteiger partial charge in [-0.15, -0.1) is 0 Å². The van der Waals surface area contributed by atoms with E-state index in [1.165, 1.54) is 7.11 Å². The molecule has 9 heteroatoms. The smallest absolute Gasteiger partial charge is 0.408 e. The highest BCUT2D eigenvalue weighted by molar-refractivity contribution is 6.01. The Morgan fingerprint density at radius 2 is 1.87 bits per heavy atom. The van der Waals surface area contributed by atoms with Crippen molar-refractivity contribution in [3.8, 4) is 17.2 Å². The van der Waals surface area contributed by atoms with Crippen LogP contribution in [0, 0.1) is 5.92 Å². The number of piperidine rings is 1. The average molecular weight is 420 g/mol. The Labute approximate surface area is 170 Å². The van der Waals surface area contributed by atoms with Gasteiger partial charge in [-0.25, -0.2) is 0 Å². The summed E-state index contributed by atoms with van der Waals surface area (Å²) in [6.45, 7) is 0. The molecular weight excluding hydrogens is 401 g/mol. The summed E-state index contributed by atoms with van der Waals surface area (Å²) in [7, 11) is 1.52. The number of ether oxygens (including phenoxy) is 2. The first-order chi connectivity index (χ1) is 14.3. The van der Waals surface area contributed by atoms with Crippen LogP contribution in [0.1, 0.15) is 30.0 Å². The summed E-state index contributed by atoms with van der Waals surface area (Å²) in [5.74, 6) is -1.14. The van der Waals surface area contributed by atoms with E-state index in [4.69, 9.17) is 9.47 Å². The number of amides is 2. The number of alkyl halides is 3. The molecule has 3 unspecified atom stereocenters. The second kappa shape index (κ2) is 7.55. The lowest BCUT2D eigenvalue weighted by molar-refractivity contribution is -0.171. The fourth-order valence-corrected chi connectivity index (χ4v) is 3.77. The average Bonchev–Trinajstić information content (AvgIpc) is 2.72. The van der Waals surface area contributed by atoms with Crippen molar-refractivity contribution in [1.29, 1.82) is 0 Å². The lowest BCUT2D eigenvalue weighted by Crippen LogP contribution is -2.54. The van der Waals surface area contributed by atoms with E-state index in [1.54, 1.807) is 42.5 Å². The second-order valence-electron chi connectivity index (χ2n) is 7.22. The van der Waals surface area contributed by atoms with E-state index in [0.29, 0.717) is 28.4 Å². The van der Waals surface area contributed by atoms with Crippen LogP contribution < -0.4 is 20.1 Å². The summed E-state index contributed by atoms with van der Waals surface area (Å²) in [6, 6.07) is 9.72. The number of benzene rings is 2. The summed E-state index contributed by atoms with van der Waals surface area (Å²) in [5.41, 5.74) is 1.35. The topological polar surface area (TPSA) is 76.7 Å². The van der Waals surface area contributed by atoms with Crippen LogP contribution in [0.25, 0.3) is 0 Å². The molecule has 158 valence electrons. The number of fused-ring (bicyclic) bond motifs is 2. The van der Waals surface area contributed by atoms with Gasteiger partial charge >= 0.3 is 6.18 Å². The molecule has 0 saturated carbocycles. The van der Waals surface area contributed by atoms with Crippen molar-refractivity contribution in [2.75, 3.05) is 7.11 Å². The maximum atomic E-state index is 12.9. The summed E-state index contributed by atoms with van der Waals surface area (Å²) in [6.07, 6.45) is -5.05. The van der Waals surface area contributed by atoms with Crippen LogP contribution >= 0.6 is 0 Å². The lowest BCUT2D eigenvalue weighted by Gasteiger charge is -2.32. The van der Waals surface area contributed by atoms with Crippen LogP contribution in [0.15, 0.2) is 42.5 Å². The summed E-state index contributed by atoms with van der Waals surface area (Å²) < 4.78 is 49.7. The van der Waals surface area contributed by atoms with Crippen molar-refractivity contribution >= 4 is 11.8 Å². The third-order valence-corrected chi connectivity index (χ3v) is 5.36. The van der Waals surface area contributed by atoms with Gasteiger partial charge in [-0.1, -0.05) is 18.2 Å². The number of para-hydroxylation sites is 1. The number of hydrogen-bond donors (Lipinski definition) is 2. The van der Waals surface area contributed by atoms with Gasteiger partial charge in [0.2, 0.25) is 11.8 Å². The summed E-state index contributed by atoms with van der Waals surface area (Å²) in [4.78, 5) is 25.1. The van der Waals surface area contributed by atoms with Crippen LogP contribution in [-0.4, -0.2) is 31.1 Å². The number of methoxy groups -OCH3 is 1. The first-order valence-electron chi connectivity index (χ1n) is 9.40. The van der Waals surface area contributed by atoms with Crippen LogP contribution in [0.3, 0.4) is 0 Å². The van der Waals surface area contributed by atoms with Gasteiger partial charge in [-0.05, 0) is 31.0 Å². The Hall–Kier alpha value is -3.23. The zero-order valence-corrected chi connectivity index (χ0v) is 16.0. The highest BCUT2D eigenvalue weighted by Gasteiger charge is 2.46. The first kappa shape index (κ1) is 20.1. The number of carbonyl (C=O) groups is 2. The molecule has 1 saturated heterocycles. The molecule has 2 amide bonds. The Balaban J connectivity index is 1.59. The highest BCUT2D eigenvalue weighted by atomic mass is 19.4. The van der Waals surface area contributed by atoms with E-state index in [0.717, 1.165) is 0 Å². The van der Waals surface area contributed by atoms with E-state index in [9.17, 15) is 22.8 Å². The number of halogens is 3. The van der Waals surface area contributed by atoms with Crippen molar-refractivity contribution < 1.29 is 32.2 Å². The minimum atomic E-state index is -4.53. The predicted molar refractivity (Wildman–Crippen MR) is 100 cm³/mol. The van der Waals surface area contributed by atoms with Gasteiger partial charge in [-0.3, -0.25) is 9.59 Å². The molecular formula is C21H19F3N2O4. The van der Waals surface area contributed by atoms with Crippen molar-refractivity contribution in [2.24, 2.45) is 5.92 Å². The van der Waals surface area contributed by atoms with Crippen molar-refractivity contribution in [3.63, 3.8) is 0 Å². The number of hydrogen-bond acceptors (Lipinski definition) is 4. The van der Waals surface area contributed by atoms with Gasteiger partial charge in [0.1, 0.15) is 29.2 Å². The normalized spacial score (nSPS) is 22.8. The van der Waals surface area contributed by atoms with Crippen molar-refractivity contribution in [3.05, 3.63) is 53.6 Å². The van der Waals surface area contributed by atoms with Gasteiger partial charge < -0.3 is 20.1 Å². The molecule has 0 aliphatic carbocycles. The standard InChI is InChI=1S/C21H19F3N2O4/c1-29-11-6-7-13-16(10-11)30-15-5-3-2-4-12(15)18(13)26-20(28)14-8-9-17(21(22,23)24)25-19(14)27/h2-7,10,14,17-18H,8-9H2,1H3,(H,25,27)(H,26,28). The molecule has 0 bridgehead atoms. The van der Waals surface area contributed by atoms with Gasteiger partial charge in [-0.2, -0.15) is 13.2 Å². The molecule has 0 radical (unpaired) electrons. The molecule has 2 aliphatic rings. The fraction of sp³-hybridized carbons (Fsp3) is 0.333. The number of rotatable bonds is 3. The number of carbonyl (C=O) groups excluding carboxylic acids is 2. The fourth-order valence-electron chi connectivity index (χ4n) is 3.77. The molecule has 2 N–H and O–H groups in total. The van der Waals surface area contributed by atoms with Gasteiger partial charge in [0.05, 0.1) is 13.2 Å². The van der Waals surface area contributed by atoms with Crippen LogP contribution in [0.2, 0.25) is 0 Å². The van der Waals surface area contributed by atoms with E-state index < -0.39 is 36.0 Å². The van der Waals surface area contributed by atoms with E-state index in [1.807, 2.05) is 5.32 Å².